The van der Waals surface area contributed by atoms with Gasteiger partial charge in [0.1, 0.15) is 0 Å². The van der Waals surface area contributed by atoms with Crippen LogP contribution in [0.5, 0.6) is 0 Å². The first-order valence-corrected chi connectivity index (χ1v) is 10.8. The predicted octanol–water partition coefficient (Wildman–Crippen LogP) is 5.73. The Bertz CT molecular complexity index is 987. The van der Waals surface area contributed by atoms with Gasteiger partial charge in [-0.05, 0) is 54.9 Å². The fourth-order valence-corrected chi connectivity index (χ4v) is 5.26. The number of benzene rings is 2. The van der Waals surface area contributed by atoms with Crippen molar-refractivity contribution >= 4 is 17.8 Å². The van der Waals surface area contributed by atoms with E-state index in [1.54, 1.807) is 6.92 Å². The second-order valence-corrected chi connectivity index (χ2v) is 8.43. The number of Topliss-reactive ketones (excluding diaryl/α,β-unsaturated/α-hetero) is 1. The highest BCUT2D eigenvalue weighted by atomic mass is 16.5. The van der Waals surface area contributed by atoms with E-state index in [4.69, 9.17) is 4.74 Å². The molecule has 30 heavy (non-hydrogen) atoms. The third-order valence-electron chi connectivity index (χ3n) is 6.41. The van der Waals surface area contributed by atoms with Gasteiger partial charge in [0, 0.05) is 11.5 Å². The maximum absolute atomic E-state index is 14.1. The molecule has 3 atom stereocenters. The van der Waals surface area contributed by atoms with E-state index in [-0.39, 0.29) is 17.7 Å². The van der Waals surface area contributed by atoms with Gasteiger partial charge in [0.2, 0.25) is 0 Å². The van der Waals surface area contributed by atoms with Crippen molar-refractivity contribution in [2.75, 3.05) is 6.61 Å². The number of rotatable bonds is 4. The van der Waals surface area contributed by atoms with Gasteiger partial charge in [-0.25, -0.2) is 4.79 Å². The largest absolute Gasteiger partial charge is 0.463 e. The Balaban J connectivity index is 1.83. The van der Waals surface area contributed by atoms with E-state index in [0.717, 1.165) is 23.1 Å². The minimum atomic E-state index is -0.855. The highest BCUT2D eigenvalue weighted by Gasteiger charge is 2.57. The van der Waals surface area contributed by atoms with Gasteiger partial charge in [-0.15, -0.1) is 0 Å². The molecule has 0 unspecified atom stereocenters. The number of carbonyl (C=O) groups is 2. The lowest BCUT2D eigenvalue weighted by molar-refractivity contribution is -0.142. The Morgan fingerprint density at radius 3 is 2.43 bits per heavy atom. The number of carbonyl (C=O) groups excluding carboxylic acids is 2. The summed E-state index contributed by atoms with van der Waals surface area (Å²) in [5.74, 6) is -0.0279. The first-order valence-electron chi connectivity index (χ1n) is 10.8. The lowest BCUT2D eigenvalue weighted by Crippen LogP contribution is -2.44. The van der Waals surface area contributed by atoms with Crippen LogP contribution in [0.15, 0.2) is 77.9 Å². The summed E-state index contributed by atoms with van der Waals surface area (Å²) in [6.45, 7) is 4.29. The van der Waals surface area contributed by atoms with E-state index in [2.05, 4.69) is 19.1 Å². The van der Waals surface area contributed by atoms with Crippen LogP contribution < -0.4 is 0 Å². The van der Waals surface area contributed by atoms with Crippen LogP contribution in [0.25, 0.3) is 6.08 Å². The third-order valence-corrected chi connectivity index (χ3v) is 6.41. The lowest BCUT2D eigenvalue weighted by Gasteiger charge is -2.43. The normalized spacial score (nSPS) is 27.3. The van der Waals surface area contributed by atoms with Crippen molar-refractivity contribution in [3.8, 4) is 0 Å². The van der Waals surface area contributed by atoms with Crippen molar-refractivity contribution in [2.45, 2.75) is 39.0 Å². The molecule has 0 amide bonds. The van der Waals surface area contributed by atoms with E-state index in [1.165, 1.54) is 0 Å². The summed E-state index contributed by atoms with van der Waals surface area (Å²) in [6, 6.07) is 20.1. The number of ether oxygens (including phenoxy) is 1. The SMILES string of the molecule is CCOC(=O)C1=CC[C@H](c2ccccc2)[C@]12C[C@H](C)C/C(=C\c1ccccc1)C2=O. The fraction of sp³-hybridized carbons (Fsp3) is 0.333. The number of allylic oxidation sites excluding steroid dienone is 2. The zero-order valence-electron chi connectivity index (χ0n) is 17.6. The van der Waals surface area contributed by atoms with E-state index in [1.807, 2.05) is 60.7 Å². The molecule has 0 radical (unpaired) electrons. The average Bonchev–Trinajstić information content (AvgIpc) is 3.13. The molecule has 2 aromatic rings. The van der Waals surface area contributed by atoms with Gasteiger partial charge in [0.25, 0.3) is 0 Å². The van der Waals surface area contributed by atoms with Crippen molar-refractivity contribution in [3.05, 3.63) is 89.0 Å². The van der Waals surface area contributed by atoms with Crippen molar-refractivity contribution in [1.29, 1.82) is 0 Å². The van der Waals surface area contributed by atoms with Gasteiger partial charge < -0.3 is 4.74 Å². The van der Waals surface area contributed by atoms with Gasteiger partial charge in [0.05, 0.1) is 12.0 Å². The Morgan fingerprint density at radius 1 is 1.10 bits per heavy atom. The molecule has 0 bridgehead atoms. The zero-order valence-corrected chi connectivity index (χ0v) is 17.6. The van der Waals surface area contributed by atoms with Crippen LogP contribution in [-0.4, -0.2) is 18.4 Å². The highest BCUT2D eigenvalue weighted by molar-refractivity contribution is 6.12. The molecule has 1 fully saturated rings. The minimum absolute atomic E-state index is 0.0486. The average molecular weight is 401 g/mol. The van der Waals surface area contributed by atoms with Crippen molar-refractivity contribution < 1.29 is 14.3 Å². The number of hydrogen-bond acceptors (Lipinski definition) is 3. The molecular formula is C27H28O3. The smallest absolute Gasteiger partial charge is 0.334 e. The minimum Gasteiger partial charge on any atom is -0.463 e. The van der Waals surface area contributed by atoms with Crippen LogP contribution in [0, 0.1) is 11.3 Å². The molecule has 154 valence electrons. The third kappa shape index (κ3) is 3.54. The molecule has 2 aliphatic carbocycles. The van der Waals surface area contributed by atoms with Crippen LogP contribution in [-0.2, 0) is 14.3 Å². The first-order chi connectivity index (χ1) is 14.6. The number of esters is 1. The zero-order chi connectivity index (χ0) is 21.1. The monoisotopic (exact) mass is 400 g/mol. The summed E-state index contributed by atoms with van der Waals surface area (Å²) in [6.07, 6.45) is 6.03. The molecule has 4 rings (SSSR count). The van der Waals surface area contributed by atoms with Crippen molar-refractivity contribution in [3.63, 3.8) is 0 Å². The molecule has 0 aromatic heterocycles. The topological polar surface area (TPSA) is 43.4 Å². The van der Waals surface area contributed by atoms with E-state index in [0.29, 0.717) is 30.9 Å². The highest BCUT2D eigenvalue weighted by Crippen LogP contribution is 2.58. The van der Waals surface area contributed by atoms with E-state index < -0.39 is 5.41 Å². The summed E-state index contributed by atoms with van der Waals surface area (Å²) in [7, 11) is 0. The van der Waals surface area contributed by atoms with Gasteiger partial charge in [-0.1, -0.05) is 73.7 Å². The van der Waals surface area contributed by atoms with E-state index >= 15 is 0 Å². The Kier molecular flexibility index (Phi) is 5.72. The van der Waals surface area contributed by atoms with Crippen LogP contribution in [0.3, 0.4) is 0 Å². The van der Waals surface area contributed by atoms with Gasteiger partial charge in [-0.2, -0.15) is 0 Å². The molecule has 3 heteroatoms. The van der Waals surface area contributed by atoms with E-state index in [9.17, 15) is 9.59 Å². The molecule has 2 aromatic carbocycles. The summed E-state index contributed by atoms with van der Waals surface area (Å²) in [5, 5.41) is 0. The first kappa shape index (κ1) is 20.3. The fourth-order valence-electron chi connectivity index (χ4n) is 5.26. The molecule has 1 spiro atoms. The van der Waals surface area contributed by atoms with Crippen molar-refractivity contribution in [2.24, 2.45) is 11.3 Å². The maximum Gasteiger partial charge on any atom is 0.334 e. The molecule has 1 saturated carbocycles. The molecular weight excluding hydrogens is 372 g/mol. The van der Waals surface area contributed by atoms with Crippen LogP contribution >= 0.6 is 0 Å². The second kappa shape index (κ2) is 8.43. The van der Waals surface area contributed by atoms with Crippen LogP contribution in [0.2, 0.25) is 0 Å². The van der Waals surface area contributed by atoms with Gasteiger partial charge in [0.15, 0.2) is 5.78 Å². The summed E-state index contributed by atoms with van der Waals surface area (Å²) < 4.78 is 5.40. The second-order valence-electron chi connectivity index (χ2n) is 8.43. The summed E-state index contributed by atoms with van der Waals surface area (Å²) >= 11 is 0. The quantitative estimate of drug-likeness (QED) is 0.486. The maximum atomic E-state index is 14.1. The summed E-state index contributed by atoms with van der Waals surface area (Å²) in [4.78, 5) is 27.0. The summed E-state index contributed by atoms with van der Waals surface area (Å²) in [5.41, 5.74) is 2.62. The Morgan fingerprint density at radius 2 is 1.77 bits per heavy atom. The molecule has 2 aliphatic rings. The molecule has 3 nitrogen and oxygen atoms in total. The van der Waals surface area contributed by atoms with Gasteiger partial charge >= 0.3 is 5.97 Å². The molecule has 0 heterocycles. The predicted molar refractivity (Wildman–Crippen MR) is 119 cm³/mol. The van der Waals surface area contributed by atoms with Gasteiger partial charge in [-0.3, -0.25) is 4.79 Å². The lowest BCUT2D eigenvalue weighted by atomic mass is 9.58. The van der Waals surface area contributed by atoms with Crippen LogP contribution in [0.4, 0.5) is 0 Å². The van der Waals surface area contributed by atoms with Crippen molar-refractivity contribution in [1.82, 2.24) is 0 Å². The Hall–Kier alpha value is -2.94. The molecule has 0 aliphatic heterocycles. The molecule has 0 saturated heterocycles. The number of hydrogen-bond donors (Lipinski definition) is 0. The standard InChI is InChI=1S/C27H28O3/c1-3-30-26(29)24-15-14-23(21-12-8-5-9-13-21)27(24)18-19(2)16-22(25(27)28)17-20-10-6-4-7-11-20/h4-13,15,17,19,23H,3,14,16,18H2,1-2H3/b22-17+/t19-,23-,27-/m1/s1. The Labute approximate surface area is 178 Å². The van der Waals surface area contributed by atoms with Crippen LogP contribution in [0.1, 0.15) is 50.2 Å². The molecule has 0 N–H and O–H groups in total. The number of ketones is 1.